The van der Waals surface area contributed by atoms with E-state index in [4.69, 9.17) is 19.2 Å². The van der Waals surface area contributed by atoms with Gasteiger partial charge in [0.25, 0.3) is 17.7 Å². The topological polar surface area (TPSA) is 214 Å². The maximum absolute atomic E-state index is 13.4. The lowest BCUT2D eigenvalue weighted by atomic mass is 10.0. The molecule has 1 aliphatic carbocycles. The minimum atomic E-state index is -1.04. The van der Waals surface area contributed by atoms with E-state index in [9.17, 15) is 28.8 Å². The molecular formula is C42H51N9O9. The number of hydrogen-bond acceptors (Lipinski definition) is 14. The number of carbonyl (C=O) groups excluding carboxylic acids is 6. The molecule has 60 heavy (non-hydrogen) atoms. The third-order valence-electron chi connectivity index (χ3n) is 11.2. The number of benzene rings is 2. The van der Waals surface area contributed by atoms with Crippen molar-refractivity contribution in [2.75, 3.05) is 74.1 Å². The van der Waals surface area contributed by atoms with Crippen LogP contribution in [0.3, 0.4) is 0 Å². The Kier molecular flexibility index (Phi) is 13.2. The molecule has 1 saturated heterocycles. The lowest BCUT2D eigenvalue weighted by Crippen LogP contribution is -2.55. The number of fused-ring (bicyclic) bond motifs is 2. The van der Waals surface area contributed by atoms with Crippen LogP contribution in [-0.4, -0.2) is 122 Å². The predicted molar refractivity (Wildman–Crippen MR) is 221 cm³/mol. The van der Waals surface area contributed by atoms with Gasteiger partial charge >= 0.3 is 0 Å². The second-order valence-corrected chi connectivity index (χ2v) is 15.1. The summed E-state index contributed by atoms with van der Waals surface area (Å²) in [5.41, 5.74) is 2.49. The van der Waals surface area contributed by atoms with Crippen molar-refractivity contribution in [1.29, 1.82) is 0 Å². The molecule has 7 rings (SSSR count). The molecule has 3 aliphatic heterocycles. The van der Waals surface area contributed by atoms with Gasteiger partial charge in [-0.25, -0.2) is 4.98 Å². The SMILES string of the molecule is CCC[C@@H]1C(=O)N(C)c2cnc(Nc3ccc(C(=O)NCCOCCOCCNc4cccc5c4C(=O)N(C4CCC(=O)NC4=O)C5=O)cc3OC)nc2N1C1CCCC1. The fraction of sp³-hybridized carbons (Fsp3) is 0.476. The molecule has 0 bridgehead atoms. The number of likely N-dealkylation sites (N-methyl/N-ethyl adjacent to an activating group) is 1. The second kappa shape index (κ2) is 18.8. The van der Waals surface area contributed by atoms with Crippen LogP contribution in [0, 0.1) is 0 Å². The highest BCUT2D eigenvalue weighted by molar-refractivity contribution is 6.25. The number of nitrogens with one attached hydrogen (secondary N) is 4. The van der Waals surface area contributed by atoms with E-state index < -0.39 is 29.7 Å². The first-order chi connectivity index (χ1) is 29.1. The molecule has 2 atom stereocenters. The van der Waals surface area contributed by atoms with Gasteiger partial charge in [0.1, 0.15) is 23.5 Å². The van der Waals surface area contributed by atoms with E-state index in [1.807, 2.05) is 0 Å². The Morgan fingerprint density at radius 1 is 0.933 bits per heavy atom. The van der Waals surface area contributed by atoms with E-state index in [1.54, 1.807) is 48.5 Å². The second-order valence-electron chi connectivity index (χ2n) is 15.1. The maximum Gasteiger partial charge on any atom is 0.264 e. The van der Waals surface area contributed by atoms with Crippen molar-refractivity contribution in [3.63, 3.8) is 0 Å². The van der Waals surface area contributed by atoms with Gasteiger partial charge in [-0.2, -0.15) is 4.98 Å². The van der Waals surface area contributed by atoms with Gasteiger partial charge in [0.05, 0.1) is 56.5 Å². The molecule has 2 aromatic carbocycles. The molecule has 4 aliphatic rings. The number of rotatable bonds is 18. The first kappa shape index (κ1) is 42.0. The van der Waals surface area contributed by atoms with Crippen molar-refractivity contribution in [3.8, 4) is 5.75 Å². The minimum absolute atomic E-state index is 0.0476. The van der Waals surface area contributed by atoms with Crippen LogP contribution in [0.1, 0.15) is 89.4 Å². The fourth-order valence-electron chi connectivity index (χ4n) is 8.25. The molecule has 18 nitrogen and oxygen atoms in total. The zero-order valence-electron chi connectivity index (χ0n) is 34.1. The van der Waals surface area contributed by atoms with Gasteiger partial charge in [-0.1, -0.05) is 32.3 Å². The fourth-order valence-corrected chi connectivity index (χ4v) is 8.25. The number of aromatic nitrogens is 2. The molecule has 2 fully saturated rings. The highest BCUT2D eigenvalue weighted by Crippen LogP contribution is 2.41. The number of piperidine rings is 1. The normalized spacial score (nSPS) is 19.1. The summed E-state index contributed by atoms with van der Waals surface area (Å²) in [6.07, 6.45) is 7.74. The van der Waals surface area contributed by atoms with Crippen molar-refractivity contribution in [3.05, 3.63) is 59.3 Å². The summed E-state index contributed by atoms with van der Waals surface area (Å²) >= 11 is 0. The summed E-state index contributed by atoms with van der Waals surface area (Å²) in [6, 6.07) is 8.87. The van der Waals surface area contributed by atoms with Crippen LogP contribution in [-0.2, 0) is 23.9 Å². The van der Waals surface area contributed by atoms with E-state index in [-0.39, 0.29) is 80.8 Å². The van der Waals surface area contributed by atoms with Gasteiger partial charge in [0.15, 0.2) is 5.82 Å². The number of methoxy groups -OCH3 is 1. The molecule has 0 spiro atoms. The molecule has 1 aromatic heterocycles. The smallest absolute Gasteiger partial charge is 0.264 e. The Morgan fingerprint density at radius 2 is 1.70 bits per heavy atom. The largest absolute Gasteiger partial charge is 0.495 e. The van der Waals surface area contributed by atoms with Gasteiger partial charge in [0.2, 0.25) is 23.7 Å². The standard InChI is InChI=1S/C42H51N9O9/c1-4-8-31-40(56)49(2)32-24-45-42(48-36(32)50(31)26-9-5-6-10-26)46-28-14-13-25(23-33(28)58-3)37(53)44-18-20-60-22-21-59-19-17-43-29-12-7-11-27-35(29)41(57)51(39(27)55)30-15-16-34(52)47-38(30)54/h7,11-14,23-24,26,30-31,43H,4-6,8-10,15-22H2,1-3H3,(H,44,53)(H,45,46,48)(H,47,52,54)/t30?,31-/m1/s1. The Bertz CT molecular complexity index is 2140. The molecule has 18 heteroatoms. The zero-order valence-corrected chi connectivity index (χ0v) is 34.1. The molecule has 318 valence electrons. The Labute approximate surface area is 347 Å². The highest BCUT2D eigenvalue weighted by atomic mass is 16.5. The summed E-state index contributed by atoms with van der Waals surface area (Å²) < 4.78 is 16.9. The first-order valence-corrected chi connectivity index (χ1v) is 20.5. The number of nitrogens with zero attached hydrogens (tertiary/aromatic N) is 5. The quantitative estimate of drug-likeness (QED) is 0.107. The lowest BCUT2D eigenvalue weighted by molar-refractivity contribution is -0.136. The molecule has 0 radical (unpaired) electrons. The van der Waals surface area contributed by atoms with Crippen molar-refractivity contribution in [1.82, 2.24) is 25.5 Å². The van der Waals surface area contributed by atoms with E-state index in [0.717, 1.165) is 49.2 Å². The lowest BCUT2D eigenvalue weighted by Gasteiger charge is -2.43. The van der Waals surface area contributed by atoms with Gasteiger partial charge in [-0.15, -0.1) is 0 Å². The van der Waals surface area contributed by atoms with Crippen LogP contribution >= 0.6 is 0 Å². The third kappa shape index (κ3) is 8.74. The number of ether oxygens (including phenoxy) is 3. The number of anilines is 5. The first-order valence-electron chi connectivity index (χ1n) is 20.5. The number of imide groups is 2. The Hall–Kier alpha value is -6.14. The summed E-state index contributed by atoms with van der Waals surface area (Å²) in [7, 11) is 3.30. The predicted octanol–water partition coefficient (Wildman–Crippen LogP) is 3.40. The molecule has 6 amide bonds. The van der Waals surface area contributed by atoms with Gasteiger partial charge in [-0.05, 0) is 56.0 Å². The minimum Gasteiger partial charge on any atom is -0.495 e. The average Bonchev–Trinajstić information content (AvgIpc) is 3.87. The molecule has 1 unspecified atom stereocenters. The van der Waals surface area contributed by atoms with Gasteiger partial charge in [-0.3, -0.25) is 39.0 Å². The summed E-state index contributed by atoms with van der Waals surface area (Å²) in [5.74, 6) is -0.945. The number of hydrogen-bond donors (Lipinski definition) is 4. The molecular weight excluding hydrogens is 775 g/mol. The highest BCUT2D eigenvalue weighted by Gasteiger charge is 2.46. The Balaban J connectivity index is 0.839. The third-order valence-corrected chi connectivity index (χ3v) is 11.2. The molecule has 4 N–H and O–H groups in total. The number of carbonyl (C=O) groups is 6. The maximum atomic E-state index is 13.4. The van der Waals surface area contributed by atoms with Crippen LogP contribution in [0.4, 0.5) is 28.8 Å². The average molecular weight is 826 g/mol. The van der Waals surface area contributed by atoms with Crippen LogP contribution in [0.2, 0.25) is 0 Å². The number of amides is 6. The summed E-state index contributed by atoms with van der Waals surface area (Å²) in [5, 5.41) is 11.4. The van der Waals surface area contributed by atoms with E-state index in [0.29, 0.717) is 40.9 Å². The van der Waals surface area contributed by atoms with Crippen LogP contribution in [0.15, 0.2) is 42.6 Å². The van der Waals surface area contributed by atoms with Crippen LogP contribution in [0.5, 0.6) is 5.75 Å². The molecule has 1 saturated carbocycles. The van der Waals surface area contributed by atoms with Crippen LogP contribution in [0.25, 0.3) is 0 Å². The summed E-state index contributed by atoms with van der Waals surface area (Å²) in [4.78, 5) is 90.9. The van der Waals surface area contributed by atoms with Crippen molar-refractivity contribution >= 4 is 64.3 Å². The molecule has 3 aromatic rings. The van der Waals surface area contributed by atoms with Gasteiger partial charge < -0.3 is 40.0 Å². The molecule has 4 heterocycles. The zero-order chi connectivity index (χ0) is 42.3. The van der Waals surface area contributed by atoms with E-state index >= 15 is 0 Å². The van der Waals surface area contributed by atoms with Crippen molar-refractivity contribution in [2.45, 2.75) is 76.4 Å². The van der Waals surface area contributed by atoms with E-state index in [2.05, 4.69) is 38.1 Å². The van der Waals surface area contributed by atoms with Crippen molar-refractivity contribution in [2.24, 2.45) is 0 Å². The Morgan fingerprint density at radius 3 is 2.43 bits per heavy atom. The van der Waals surface area contributed by atoms with E-state index in [1.165, 1.54) is 13.2 Å². The van der Waals surface area contributed by atoms with Crippen molar-refractivity contribution < 1.29 is 43.0 Å². The monoisotopic (exact) mass is 825 g/mol. The summed E-state index contributed by atoms with van der Waals surface area (Å²) in [6.45, 7) is 3.80. The van der Waals surface area contributed by atoms with Crippen LogP contribution < -0.4 is 35.8 Å². The van der Waals surface area contributed by atoms with Gasteiger partial charge in [0, 0.05) is 43.9 Å².